The van der Waals surface area contributed by atoms with Crippen molar-refractivity contribution in [2.75, 3.05) is 6.79 Å². The first-order valence-electron chi connectivity index (χ1n) is 5.85. The van der Waals surface area contributed by atoms with Gasteiger partial charge in [0.1, 0.15) is 5.01 Å². The Kier molecular flexibility index (Phi) is 3.36. The van der Waals surface area contributed by atoms with Crippen LogP contribution >= 0.6 is 11.3 Å². The summed E-state index contributed by atoms with van der Waals surface area (Å²) in [6.07, 6.45) is 0. The number of nitrogens with one attached hydrogen (secondary N) is 1. The number of thiazole rings is 1. The van der Waals surface area contributed by atoms with Gasteiger partial charge in [-0.1, -0.05) is 0 Å². The van der Waals surface area contributed by atoms with Crippen molar-refractivity contribution in [3.05, 3.63) is 34.3 Å². The van der Waals surface area contributed by atoms with Crippen molar-refractivity contribution < 1.29 is 17.9 Å². The maximum atomic E-state index is 12.2. The van der Waals surface area contributed by atoms with Crippen molar-refractivity contribution in [2.24, 2.45) is 0 Å². The van der Waals surface area contributed by atoms with Crippen LogP contribution in [0.3, 0.4) is 0 Å². The highest BCUT2D eigenvalue weighted by molar-refractivity contribution is 7.89. The molecule has 0 saturated heterocycles. The first-order valence-corrected chi connectivity index (χ1v) is 8.21. The summed E-state index contributed by atoms with van der Waals surface area (Å²) in [5.41, 5.74) is 0.882. The van der Waals surface area contributed by atoms with Crippen molar-refractivity contribution in [1.29, 1.82) is 0 Å². The molecular weight excluding hydrogens is 300 g/mol. The average molecular weight is 312 g/mol. The molecule has 0 bridgehead atoms. The van der Waals surface area contributed by atoms with Gasteiger partial charge in [0.25, 0.3) is 0 Å². The molecule has 0 amide bonds. The highest BCUT2D eigenvalue weighted by Crippen LogP contribution is 2.33. The summed E-state index contributed by atoms with van der Waals surface area (Å²) in [6, 6.07) is 4.53. The summed E-state index contributed by atoms with van der Waals surface area (Å²) in [7, 11) is -3.59. The van der Waals surface area contributed by atoms with E-state index in [0.717, 1.165) is 10.7 Å². The van der Waals surface area contributed by atoms with Crippen LogP contribution in [0.25, 0.3) is 0 Å². The third-order valence-electron chi connectivity index (χ3n) is 2.73. The van der Waals surface area contributed by atoms with Crippen molar-refractivity contribution >= 4 is 21.4 Å². The zero-order valence-electron chi connectivity index (χ0n) is 10.6. The summed E-state index contributed by atoms with van der Waals surface area (Å²) in [5.74, 6) is 0.998. The molecule has 1 aliphatic heterocycles. The Balaban J connectivity index is 1.78. The first-order chi connectivity index (χ1) is 9.54. The molecule has 3 rings (SSSR count). The lowest BCUT2D eigenvalue weighted by atomic mass is 10.3. The summed E-state index contributed by atoms with van der Waals surface area (Å²) in [6.45, 7) is 2.16. The average Bonchev–Trinajstić information content (AvgIpc) is 3.04. The maximum absolute atomic E-state index is 12.2. The van der Waals surface area contributed by atoms with E-state index < -0.39 is 10.0 Å². The van der Waals surface area contributed by atoms with Gasteiger partial charge in [-0.15, -0.1) is 11.3 Å². The summed E-state index contributed by atoms with van der Waals surface area (Å²) >= 11 is 1.42. The Labute approximate surface area is 120 Å². The van der Waals surface area contributed by atoms with E-state index in [2.05, 4.69) is 9.71 Å². The van der Waals surface area contributed by atoms with E-state index in [-0.39, 0.29) is 18.2 Å². The van der Waals surface area contributed by atoms with Crippen LogP contribution in [0.15, 0.2) is 28.5 Å². The Bertz CT molecular complexity index is 740. The molecule has 20 heavy (non-hydrogen) atoms. The second-order valence-electron chi connectivity index (χ2n) is 4.22. The molecule has 2 aromatic rings. The largest absolute Gasteiger partial charge is 0.454 e. The molecule has 6 nitrogen and oxygen atoms in total. The molecule has 1 N–H and O–H groups in total. The molecule has 2 heterocycles. The lowest BCUT2D eigenvalue weighted by molar-refractivity contribution is 0.174. The van der Waals surface area contributed by atoms with Gasteiger partial charge in [0, 0.05) is 17.1 Å². The number of ether oxygens (including phenoxy) is 2. The van der Waals surface area contributed by atoms with Crippen molar-refractivity contribution in [3.8, 4) is 11.5 Å². The minimum absolute atomic E-state index is 0.116. The van der Waals surface area contributed by atoms with Gasteiger partial charge in [-0.25, -0.2) is 18.1 Å². The molecule has 0 atom stereocenters. The fourth-order valence-electron chi connectivity index (χ4n) is 1.77. The van der Waals surface area contributed by atoms with E-state index in [1.165, 1.54) is 23.5 Å². The van der Waals surface area contributed by atoms with E-state index in [4.69, 9.17) is 9.47 Å². The molecule has 0 unspecified atom stereocenters. The second-order valence-corrected chi connectivity index (χ2v) is 6.93. The normalized spacial score (nSPS) is 13.7. The smallest absolute Gasteiger partial charge is 0.241 e. The van der Waals surface area contributed by atoms with Crippen molar-refractivity contribution in [1.82, 2.24) is 9.71 Å². The highest BCUT2D eigenvalue weighted by Gasteiger charge is 2.20. The number of sulfonamides is 1. The van der Waals surface area contributed by atoms with Crippen LogP contribution < -0.4 is 14.2 Å². The highest BCUT2D eigenvalue weighted by atomic mass is 32.2. The van der Waals surface area contributed by atoms with Crippen LogP contribution in [0, 0.1) is 6.92 Å². The quantitative estimate of drug-likeness (QED) is 0.929. The standard InChI is InChI=1S/C12H12N2O4S2/c1-8-6-19-12(14-8)5-13-20(15,16)9-2-3-10-11(4-9)18-7-17-10/h2-4,6,13H,5,7H2,1H3. The Morgan fingerprint density at radius 1 is 1.35 bits per heavy atom. The third kappa shape index (κ3) is 2.62. The number of benzene rings is 1. The zero-order chi connectivity index (χ0) is 14.2. The lowest BCUT2D eigenvalue weighted by Gasteiger charge is -2.06. The second kappa shape index (κ2) is 5.04. The molecule has 0 fully saturated rings. The van der Waals surface area contributed by atoms with Crippen LogP contribution in [-0.4, -0.2) is 20.2 Å². The monoisotopic (exact) mass is 312 g/mol. The minimum atomic E-state index is -3.59. The predicted octanol–water partition coefficient (Wildman–Crippen LogP) is 1.66. The van der Waals surface area contributed by atoms with Gasteiger partial charge in [0.05, 0.1) is 11.4 Å². The van der Waals surface area contributed by atoms with Crippen LogP contribution in [0.4, 0.5) is 0 Å². The molecule has 1 aromatic heterocycles. The number of aryl methyl sites for hydroxylation is 1. The minimum Gasteiger partial charge on any atom is -0.454 e. The summed E-state index contributed by atoms with van der Waals surface area (Å²) in [5, 5.41) is 2.61. The van der Waals surface area contributed by atoms with Gasteiger partial charge in [-0.3, -0.25) is 0 Å². The molecule has 106 valence electrons. The van der Waals surface area contributed by atoms with Gasteiger partial charge in [-0.2, -0.15) is 0 Å². The summed E-state index contributed by atoms with van der Waals surface area (Å²) in [4.78, 5) is 4.36. The van der Waals surface area contributed by atoms with Crippen LogP contribution in [0.5, 0.6) is 11.5 Å². The Morgan fingerprint density at radius 3 is 2.90 bits per heavy atom. The fraction of sp³-hybridized carbons (Fsp3) is 0.250. The van der Waals surface area contributed by atoms with Crippen LogP contribution in [0.2, 0.25) is 0 Å². The van der Waals surface area contributed by atoms with E-state index in [9.17, 15) is 8.42 Å². The predicted molar refractivity (Wildman–Crippen MR) is 73.4 cm³/mol. The summed E-state index contributed by atoms with van der Waals surface area (Å²) < 4.78 is 37.2. The molecule has 0 saturated carbocycles. The van der Waals surface area contributed by atoms with Crippen LogP contribution in [-0.2, 0) is 16.6 Å². The first kappa shape index (κ1) is 13.3. The van der Waals surface area contributed by atoms with Gasteiger partial charge < -0.3 is 9.47 Å². The molecule has 0 aliphatic carbocycles. The van der Waals surface area contributed by atoms with E-state index in [1.54, 1.807) is 6.07 Å². The topological polar surface area (TPSA) is 77.5 Å². The number of nitrogens with zero attached hydrogens (tertiary/aromatic N) is 1. The molecule has 1 aliphatic rings. The zero-order valence-corrected chi connectivity index (χ0v) is 12.3. The van der Waals surface area contributed by atoms with Crippen LogP contribution in [0.1, 0.15) is 10.7 Å². The number of rotatable bonds is 4. The lowest BCUT2D eigenvalue weighted by Crippen LogP contribution is -2.23. The number of fused-ring (bicyclic) bond motifs is 1. The molecule has 0 spiro atoms. The van der Waals surface area contributed by atoms with Gasteiger partial charge in [0.15, 0.2) is 11.5 Å². The third-order valence-corrected chi connectivity index (χ3v) is 5.10. The van der Waals surface area contributed by atoms with Gasteiger partial charge in [-0.05, 0) is 19.1 Å². The van der Waals surface area contributed by atoms with E-state index >= 15 is 0 Å². The Morgan fingerprint density at radius 2 is 2.15 bits per heavy atom. The molecular formula is C12H12N2O4S2. The number of aromatic nitrogens is 1. The van der Waals surface area contributed by atoms with E-state index in [0.29, 0.717) is 11.5 Å². The van der Waals surface area contributed by atoms with Crippen molar-refractivity contribution in [2.45, 2.75) is 18.4 Å². The maximum Gasteiger partial charge on any atom is 0.241 e. The number of hydrogen-bond acceptors (Lipinski definition) is 6. The van der Waals surface area contributed by atoms with E-state index in [1.807, 2.05) is 12.3 Å². The Hall–Kier alpha value is -1.64. The van der Waals surface area contributed by atoms with Gasteiger partial charge in [0.2, 0.25) is 16.8 Å². The molecule has 8 heteroatoms. The van der Waals surface area contributed by atoms with Gasteiger partial charge >= 0.3 is 0 Å². The van der Waals surface area contributed by atoms with Crippen molar-refractivity contribution in [3.63, 3.8) is 0 Å². The number of hydrogen-bond donors (Lipinski definition) is 1. The molecule has 1 aromatic carbocycles. The SMILES string of the molecule is Cc1csc(CNS(=O)(=O)c2ccc3c(c2)OCO3)n1. The molecule has 0 radical (unpaired) electrons. The fourth-order valence-corrected chi connectivity index (χ4v) is 3.57.